The van der Waals surface area contributed by atoms with Gasteiger partial charge < -0.3 is 14.4 Å². The number of nitrogens with zero attached hydrogens (tertiary/aromatic N) is 3. The van der Waals surface area contributed by atoms with E-state index in [-0.39, 0.29) is 24.8 Å². The quantitative estimate of drug-likeness (QED) is 0.367. The number of alkyl halides is 6. The van der Waals surface area contributed by atoms with E-state index in [9.17, 15) is 31.4 Å². The number of rotatable bonds is 7. The first-order chi connectivity index (χ1) is 17.4. The van der Waals surface area contributed by atoms with Crippen LogP contribution in [0.1, 0.15) is 61.0 Å². The fourth-order valence-electron chi connectivity index (χ4n) is 5.04. The zero-order valence-corrected chi connectivity index (χ0v) is 20.1. The van der Waals surface area contributed by atoms with Crippen molar-refractivity contribution in [1.82, 2.24) is 14.8 Å². The van der Waals surface area contributed by atoms with Crippen LogP contribution in [0, 0.1) is 0 Å². The summed E-state index contributed by atoms with van der Waals surface area (Å²) < 4.78 is 87.9. The Balaban J connectivity index is 1.60. The average molecular weight is 528 g/mol. The number of aliphatic hydroxyl groups excluding tert-OH is 1. The number of aliphatic hydroxyl groups is 1. The van der Waals surface area contributed by atoms with E-state index in [1.165, 1.54) is 6.92 Å². The Morgan fingerprint density at radius 3 is 1.92 bits per heavy atom. The van der Waals surface area contributed by atoms with E-state index in [0.29, 0.717) is 37.8 Å². The Bertz CT molecular complexity index is 1140. The highest BCUT2D eigenvalue weighted by molar-refractivity contribution is 5.35. The minimum atomic E-state index is -4.93. The first kappa shape index (κ1) is 27.1. The van der Waals surface area contributed by atoms with Crippen molar-refractivity contribution in [2.75, 3.05) is 13.2 Å². The van der Waals surface area contributed by atoms with Crippen LogP contribution in [0.4, 0.5) is 26.3 Å². The summed E-state index contributed by atoms with van der Waals surface area (Å²) in [5, 5.41) is 17.9. The molecule has 1 aliphatic carbocycles. The summed E-state index contributed by atoms with van der Waals surface area (Å²) in [6.45, 7) is 1.41. The number of benzene rings is 2. The van der Waals surface area contributed by atoms with Crippen LogP contribution in [-0.2, 0) is 28.0 Å². The number of hydrogen-bond acceptors (Lipinski definition) is 4. The van der Waals surface area contributed by atoms with Crippen LogP contribution in [0.25, 0.3) is 0 Å². The Morgan fingerprint density at radius 1 is 0.892 bits per heavy atom. The molecule has 4 rings (SSSR count). The lowest BCUT2D eigenvalue weighted by molar-refractivity contribution is -0.143. The Kier molecular flexibility index (Phi) is 7.40. The van der Waals surface area contributed by atoms with Gasteiger partial charge in [0.1, 0.15) is 12.7 Å². The maximum Gasteiger partial charge on any atom is 0.416 e. The highest BCUT2D eigenvalue weighted by Gasteiger charge is 2.45. The molecule has 11 heteroatoms. The minimum Gasteiger partial charge on any atom is -0.394 e. The van der Waals surface area contributed by atoms with Crippen LogP contribution in [-0.4, -0.2) is 33.1 Å². The van der Waals surface area contributed by atoms with Crippen molar-refractivity contribution in [2.45, 2.75) is 62.0 Å². The summed E-state index contributed by atoms with van der Waals surface area (Å²) >= 11 is 0. The molecule has 5 nitrogen and oxygen atoms in total. The normalized spacial score (nSPS) is 23.7. The molecule has 0 saturated heterocycles. The van der Waals surface area contributed by atoms with E-state index >= 15 is 0 Å². The van der Waals surface area contributed by atoms with Gasteiger partial charge in [0, 0.05) is 5.41 Å². The maximum atomic E-state index is 13.3. The van der Waals surface area contributed by atoms with Crippen molar-refractivity contribution >= 4 is 0 Å². The molecule has 1 aromatic heterocycles. The van der Waals surface area contributed by atoms with Gasteiger partial charge in [-0.05, 0) is 61.9 Å². The van der Waals surface area contributed by atoms with E-state index in [4.69, 9.17) is 4.74 Å². The third-order valence-corrected chi connectivity index (χ3v) is 7.47. The third kappa shape index (κ3) is 5.67. The minimum absolute atomic E-state index is 0.0828. The van der Waals surface area contributed by atoms with Crippen LogP contribution in [0.2, 0.25) is 0 Å². The van der Waals surface area contributed by atoms with Crippen molar-refractivity contribution in [3.63, 3.8) is 0 Å². The molecule has 3 aromatic rings. The number of aromatic nitrogens is 3. The Morgan fingerprint density at radius 2 is 1.43 bits per heavy atom. The molecule has 0 unspecified atom stereocenters. The molecular weight excluding hydrogens is 500 g/mol. The van der Waals surface area contributed by atoms with Crippen molar-refractivity contribution < 1.29 is 36.2 Å². The molecule has 0 amide bonds. The summed E-state index contributed by atoms with van der Waals surface area (Å²) in [7, 11) is 0. The highest BCUT2D eigenvalue weighted by atomic mass is 19.4. The Hall–Kier alpha value is -2.92. The van der Waals surface area contributed by atoms with E-state index in [1.54, 1.807) is 17.2 Å². The predicted octanol–water partition coefficient (Wildman–Crippen LogP) is 6.29. The van der Waals surface area contributed by atoms with Gasteiger partial charge in [0.2, 0.25) is 0 Å². The molecule has 0 bridgehead atoms. The fourth-order valence-corrected chi connectivity index (χ4v) is 5.04. The molecular formula is C26H27F6N3O2. The Labute approximate surface area is 210 Å². The molecule has 0 spiro atoms. The zero-order chi connectivity index (χ0) is 26.9. The summed E-state index contributed by atoms with van der Waals surface area (Å²) in [6.07, 6.45) is -5.54. The topological polar surface area (TPSA) is 60.2 Å². The standard InChI is InChI=1S/C26H27F6N3O2/c1-18(19-11-21(25(27,28)29)13-22(12-19)26(30,31)32)37-15-23(20-5-3-2-4-6-20)7-9-24(14-36,10-8-23)35-16-33-34-17-35/h2-6,11-13,16-18,36H,7-10,14-15H2,1H3/t18-,23?,24?/m1/s1. The monoisotopic (exact) mass is 527 g/mol. The molecule has 1 saturated carbocycles. The van der Waals surface area contributed by atoms with Gasteiger partial charge in [-0.2, -0.15) is 26.3 Å². The van der Waals surface area contributed by atoms with Crippen LogP contribution in [0.15, 0.2) is 61.2 Å². The molecule has 37 heavy (non-hydrogen) atoms. The molecule has 2 aromatic carbocycles. The summed E-state index contributed by atoms with van der Waals surface area (Å²) in [4.78, 5) is 0. The maximum absolute atomic E-state index is 13.3. The summed E-state index contributed by atoms with van der Waals surface area (Å²) in [6, 6.07) is 11.0. The lowest BCUT2D eigenvalue weighted by Gasteiger charge is -2.46. The molecule has 1 N–H and O–H groups in total. The molecule has 0 radical (unpaired) electrons. The van der Waals surface area contributed by atoms with Gasteiger partial charge in [-0.15, -0.1) is 10.2 Å². The molecule has 1 fully saturated rings. The molecule has 0 aliphatic heterocycles. The van der Waals surface area contributed by atoms with Crippen molar-refractivity contribution in [3.05, 3.63) is 83.4 Å². The van der Waals surface area contributed by atoms with E-state index in [0.717, 1.165) is 5.56 Å². The van der Waals surface area contributed by atoms with Gasteiger partial charge in [-0.25, -0.2) is 0 Å². The molecule has 1 aliphatic rings. The van der Waals surface area contributed by atoms with Gasteiger partial charge in [-0.1, -0.05) is 30.3 Å². The second kappa shape index (κ2) is 10.1. The number of hydrogen-bond donors (Lipinski definition) is 1. The van der Waals surface area contributed by atoms with Crippen LogP contribution in [0.5, 0.6) is 0 Å². The second-order valence-corrected chi connectivity index (χ2v) is 9.69. The highest BCUT2D eigenvalue weighted by Crippen LogP contribution is 2.47. The largest absolute Gasteiger partial charge is 0.416 e. The van der Waals surface area contributed by atoms with Crippen molar-refractivity contribution in [3.8, 4) is 0 Å². The van der Waals surface area contributed by atoms with Gasteiger partial charge in [-0.3, -0.25) is 0 Å². The predicted molar refractivity (Wildman–Crippen MR) is 122 cm³/mol. The van der Waals surface area contributed by atoms with Gasteiger partial charge in [0.25, 0.3) is 0 Å². The SMILES string of the molecule is C[C@@H](OCC1(c2ccccc2)CCC(CO)(n2cnnc2)CC1)c1cc(C(F)(F)F)cc(C(F)(F)F)c1. The molecule has 1 atom stereocenters. The van der Waals surface area contributed by atoms with Gasteiger partial charge in [0.05, 0.1) is 36.0 Å². The van der Waals surface area contributed by atoms with E-state index in [1.807, 2.05) is 30.3 Å². The molecule has 200 valence electrons. The fraction of sp³-hybridized carbons (Fsp3) is 0.462. The smallest absolute Gasteiger partial charge is 0.394 e. The lowest BCUT2D eigenvalue weighted by Crippen LogP contribution is -2.47. The summed E-state index contributed by atoms with van der Waals surface area (Å²) in [5.41, 5.74) is -3.13. The zero-order valence-electron chi connectivity index (χ0n) is 20.1. The van der Waals surface area contributed by atoms with Crippen molar-refractivity contribution in [1.29, 1.82) is 0 Å². The van der Waals surface area contributed by atoms with Gasteiger partial charge >= 0.3 is 12.4 Å². The van der Waals surface area contributed by atoms with Crippen LogP contribution < -0.4 is 0 Å². The average Bonchev–Trinajstić information content (AvgIpc) is 3.43. The first-order valence-corrected chi connectivity index (χ1v) is 11.8. The number of ether oxygens (including phenoxy) is 1. The van der Waals surface area contributed by atoms with E-state index < -0.39 is 40.5 Å². The first-order valence-electron chi connectivity index (χ1n) is 11.8. The van der Waals surface area contributed by atoms with Crippen LogP contribution in [0.3, 0.4) is 0 Å². The molecule has 1 heterocycles. The van der Waals surface area contributed by atoms with Crippen molar-refractivity contribution in [2.24, 2.45) is 0 Å². The third-order valence-electron chi connectivity index (χ3n) is 7.47. The van der Waals surface area contributed by atoms with Crippen LogP contribution >= 0.6 is 0 Å². The number of halogens is 6. The summed E-state index contributed by atoms with van der Waals surface area (Å²) in [5.74, 6) is 0. The second-order valence-electron chi connectivity index (χ2n) is 9.69. The lowest BCUT2D eigenvalue weighted by atomic mass is 9.64. The van der Waals surface area contributed by atoms with Gasteiger partial charge in [0.15, 0.2) is 0 Å². The van der Waals surface area contributed by atoms with E-state index in [2.05, 4.69) is 10.2 Å².